The Balaban J connectivity index is 2.98. The Hall–Kier alpha value is -1.28. The van der Waals surface area contributed by atoms with Crippen molar-refractivity contribution in [3.05, 3.63) is 28.8 Å². The molecule has 0 aliphatic heterocycles. The van der Waals surface area contributed by atoms with E-state index >= 15 is 0 Å². The predicted molar refractivity (Wildman–Crippen MR) is 54.6 cm³/mol. The Labute approximate surface area is 92.3 Å². The highest BCUT2D eigenvalue weighted by atomic mass is 35.5. The SMILES string of the molecule is COc1ccc(C(O)C(O)C#N)cc1Cl. The average molecular weight is 228 g/mol. The largest absolute Gasteiger partial charge is 0.495 e. The Morgan fingerprint density at radius 2 is 2.13 bits per heavy atom. The van der Waals surface area contributed by atoms with Gasteiger partial charge in [0.2, 0.25) is 0 Å². The topological polar surface area (TPSA) is 73.5 Å². The van der Waals surface area contributed by atoms with E-state index in [0.717, 1.165) is 0 Å². The molecule has 0 aliphatic carbocycles. The minimum Gasteiger partial charge on any atom is -0.495 e. The first-order chi connectivity index (χ1) is 7.10. The number of halogens is 1. The van der Waals surface area contributed by atoms with Crippen LogP contribution in [0.4, 0.5) is 0 Å². The van der Waals surface area contributed by atoms with Gasteiger partial charge in [-0.3, -0.25) is 0 Å². The summed E-state index contributed by atoms with van der Waals surface area (Å²) < 4.78 is 4.93. The molecule has 1 aromatic rings. The van der Waals surface area contributed by atoms with Crippen molar-refractivity contribution in [2.75, 3.05) is 7.11 Å². The van der Waals surface area contributed by atoms with E-state index in [2.05, 4.69) is 0 Å². The second-order valence-corrected chi connectivity index (χ2v) is 3.32. The molecule has 80 valence electrons. The zero-order valence-corrected chi connectivity index (χ0v) is 8.77. The summed E-state index contributed by atoms with van der Waals surface area (Å²) in [6.45, 7) is 0. The van der Waals surface area contributed by atoms with E-state index in [1.807, 2.05) is 0 Å². The van der Waals surface area contributed by atoms with Crippen LogP contribution in [0, 0.1) is 11.3 Å². The number of methoxy groups -OCH3 is 1. The molecule has 0 saturated carbocycles. The molecule has 0 spiro atoms. The summed E-state index contributed by atoms with van der Waals surface area (Å²) in [6, 6.07) is 6.09. The molecule has 0 heterocycles. The summed E-state index contributed by atoms with van der Waals surface area (Å²) in [4.78, 5) is 0. The molecule has 0 fully saturated rings. The fraction of sp³-hybridized carbons (Fsp3) is 0.300. The van der Waals surface area contributed by atoms with Gasteiger partial charge in [0.1, 0.15) is 11.9 Å². The number of nitriles is 1. The van der Waals surface area contributed by atoms with Gasteiger partial charge in [-0.15, -0.1) is 0 Å². The molecule has 0 bridgehead atoms. The maximum absolute atomic E-state index is 9.51. The van der Waals surface area contributed by atoms with Gasteiger partial charge in [-0.25, -0.2) is 0 Å². The maximum atomic E-state index is 9.51. The van der Waals surface area contributed by atoms with E-state index in [1.165, 1.54) is 19.2 Å². The van der Waals surface area contributed by atoms with E-state index in [4.69, 9.17) is 26.7 Å². The van der Waals surface area contributed by atoms with Crippen LogP contribution in [0.5, 0.6) is 5.75 Å². The lowest BCUT2D eigenvalue weighted by atomic mass is 10.1. The molecule has 2 atom stereocenters. The molecular formula is C10H10ClNO3. The first kappa shape index (κ1) is 11.8. The highest BCUT2D eigenvalue weighted by Crippen LogP contribution is 2.28. The lowest BCUT2D eigenvalue weighted by Gasteiger charge is -2.13. The molecule has 15 heavy (non-hydrogen) atoms. The predicted octanol–water partition coefficient (Wildman–Crippen LogP) is 1.27. The van der Waals surface area contributed by atoms with Crippen LogP contribution in [0.25, 0.3) is 0 Å². The van der Waals surface area contributed by atoms with Gasteiger partial charge >= 0.3 is 0 Å². The number of nitrogens with zero attached hydrogens (tertiary/aromatic N) is 1. The van der Waals surface area contributed by atoms with Gasteiger partial charge in [0.25, 0.3) is 0 Å². The number of benzene rings is 1. The van der Waals surface area contributed by atoms with Gasteiger partial charge in [-0.2, -0.15) is 5.26 Å². The summed E-state index contributed by atoms with van der Waals surface area (Å²) in [5.41, 5.74) is 0.370. The Kier molecular flexibility index (Phi) is 3.92. The van der Waals surface area contributed by atoms with Crippen LogP contribution < -0.4 is 4.74 Å². The van der Waals surface area contributed by atoms with Crippen molar-refractivity contribution in [1.82, 2.24) is 0 Å². The van der Waals surface area contributed by atoms with Crippen molar-refractivity contribution in [1.29, 1.82) is 5.26 Å². The van der Waals surface area contributed by atoms with E-state index in [9.17, 15) is 5.11 Å². The first-order valence-corrected chi connectivity index (χ1v) is 4.57. The van der Waals surface area contributed by atoms with E-state index in [0.29, 0.717) is 16.3 Å². The second-order valence-electron chi connectivity index (χ2n) is 2.91. The molecule has 5 heteroatoms. The summed E-state index contributed by atoms with van der Waals surface area (Å²) in [7, 11) is 1.47. The minimum absolute atomic E-state index is 0.319. The van der Waals surface area contributed by atoms with Crippen LogP contribution >= 0.6 is 11.6 Å². The lowest BCUT2D eigenvalue weighted by Crippen LogP contribution is -2.15. The zero-order chi connectivity index (χ0) is 11.4. The third-order valence-electron chi connectivity index (χ3n) is 1.95. The third-order valence-corrected chi connectivity index (χ3v) is 2.24. The van der Waals surface area contributed by atoms with Crippen molar-refractivity contribution in [2.24, 2.45) is 0 Å². The Morgan fingerprint density at radius 1 is 1.47 bits per heavy atom. The number of aliphatic hydroxyl groups is 2. The smallest absolute Gasteiger partial charge is 0.170 e. The summed E-state index contributed by atoms with van der Waals surface area (Å²) in [5.74, 6) is 0.471. The molecule has 1 aromatic carbocycles. The molecule has 2 N–H and O–H groups in total. The van der Waals surface area contributed by atoms with Crippen molar-refractivity contribution in [2.45, 2.75) is 12.2 Å². The fourth-order valence-electron chi connectivity index (χ4n) is 1.12. The van der Waals surface area contributed by atoms with Gasteiger partial charge < -0.3 is 14.9 Å². The van der Waals surface area contributed by atoms with Crippen LogP contribution in [-0.2, 0) is 0 Å². The summed E-state index contributed by atoms with van der Waals surface area (Å²) in [5, 5.41) is 27.4. The minimum atomic E-state index is -1.46. The average Bonchev–Trinajstić information content (AvgIpc) is 2.26. The third kappa shape index (κ3) is 2.60. The molecule has 4 nitrogen and oxygen atoms in total. The Morgan fingerprint density at radius 3 is 2.60 bits per heavy atom. The molecule has 0 aromatic heterocycles. The van der Waals surface area contributed by atoms with Crippen molar-refractivity contribution in [3.63, 3.8) is 0 Å². The van der Waals surface area contributed by atoms with E-state index in [-0.39, 0.29) is 0 Å². The number of rotatable bonds is 3. The highest BCUT2D eigenvalue weighted by molar-refractivity contribution is 6.32. The van der Waals surface area contributed by atoms with Gasteiger partial charge in [0, 0.05) is 0 Å². The van der Waals surface area contributed by atoms with Gasteiger partial charge in [0.15, 0.2) is 6.10 Å². The standard InChI is InChI=1S/C10H10ClNO3/c1-15-9-3-2-6(4-7(9)11)10(14)8(13)5-12/h2-4,8,10,13-14H,1H3. The maximum Gasteiger partial charge on any atom is 0.170 e. The monoisotopic (exact) mass is 227 g/mol. The molecule has 2 unspecified atom stereocenters. The molecule has 0 radical (unpaired) electrons. The van der Waals surface area contributed by atoms with Gasteiger partial charge in [0.05, 0.1) is 18.2 Å². The van der Waals surface area contributed by atoms with Crippen LogP contribution in [0.15, 0.2) is 18.2 Å². The van der Waals surface area contributed by atoms with Crippen molar-refractivity contribution in [3.8, 4) is 11.8 Å². The Bertz CT molecular complexity index is 389. The van der Waals surface area contributed by atoms with Crippen LogP contribution in [0.2, 0.25) is 5.02 Å². The number of hydrogen-bond acceptors (Lipinski definition) is 4. The summed E-state index contributed by atoms with van der Waals surface area (Å²) >= 11 is 5.82. The van der Waals surface area contributed by atoms with Crippen molar-refractivity contribution < 1.29 is 14.9 Å². The normalized spacial score (nSPS) is 14.1. The van der Waals surface area contributed by atoms with Gasteiger partial charge in [-0.05, 0) is 17.7 Å². The van der Waals surface area contributed by atoms with E-state index < -0.39 is 12.2 Å². The summed E-state index contributed by atoms with van der Waals surface area (Å²) in [6.07, 6.45) is -2.73. The highest BCUT2D eigenvalue weighted by Gasteiger charge is 2.18. The zero-order valence-electron chi connectivity index (χ0n) is 8.01. The molecular weight excluding hydrogens is 218 g/mol. The van der Waals surface area contributed by atoms with Crippen LogP contribution in [0.3, 0.4) is 0 Å². The number of aliphatic hydroxyl groups excluding tert-OH is 2. The van der Waals surface area contributed by atoms with Crippen molar-refractivity contribution >= 4 is 11.6 Å². The van der Waals surface area contributed by atoms with E-state index in [1.54, 1.807) is 12.1 Å². The van der Waals surface area contributed by atoms with Gasteiger partial charge in [-0.1, -0.05) is 17.7 Å². The fourth-order valence-corrected chi connectivity index (χ4v) is 1.39. The molecule has 0 saturated heterocycles. The van der Waals surface area contributed by atoms with Crippen LogP contribution in [-0.4, -0.2) is 23.4 Å². The number of hydrogen-bond donors (Lipinski definition) is 2. The number of ether oxygens (including phenoxy) is 1. The first-order valence-electron chi connectivity index (χ1n) is 4.19. The lowest BCUT2D eigenvalue weighted by molar-refractivity contribution is 0.0528. The molecule has 0 aliphatic rings. The quantitative estimate of drug-likeness (QED) is 0.763. The van der Waals surface area contributed by atoms with Crippen LogP contribution in [0.1, 0.15) is 11.7 Å². The molecule has 0 amide bonds. The second kappa shape index (κ2) is 4.99. The molecule has 1 rings (SSSR count).